The number of halogens is 1. The van der Waals surface area contributed by atoms with Gasteiger partial charge in [-0.1, -0.05) is 0 Å². The second-order valence-electron chi connectivity index (χ2n) is 5.59. The maximum atomic E-state index is 11.6. The predicted octanol–water partition coefficient (Wildman–Crippen LogP) is 2.67. The molecular weight excluding hydrogens is 358 g/mol. The Balaban J connectivity index is 2.00. The van der Waals surface area contributed by atoms with Gasteiger partial charge in [0.25, 0.3) is 0 Å². The van der Waals surface area contributed by atoms with Gasteiger partial charge < -0.3 is 20.1 Å². The van der Waals surface area contributed by atoms with Crippen molar-refractivity contribution in [1.82, 2.24) is 14.5 Å². The first-order valence-electron chi connectivity index (χ1n) is 7.71. The average Bonchev–Trinajstić information content (AvgIpc) is 2.97. The van der Waals surface area contributed by atoms with E-state index in [-0.39, 0.29) is 5.28 Å². The number of amides is 1. The van der Waals surface area contributed by atoms with E-state index in [1.54, 1.807) is 26.5 Å². The van der Waals surface area contributed by atoms with Crippen molar-refractivity contribution in [3.63, 3.8) is 0 Å². The van der Waals surface area contributed by atoms with Crippen molar-refractivity contribution in [1.29, 1.82) is 0 Å². The number of benzene rings is 1. The van der Waals surface area contributed by atoms with Gasteiger partial charge in [0.05, 0.1) is 19.9 Å². The molecule has 0 aliphatic heterocycles. The Morgan fingerprint density at radius 1 is 1.31 bits per heavy atom. The molecular formula is C17H18ClN5O3. The molecule has 0 spiro atoms. The lowest BCUT2D eigenvalue weighted by atomic mass is 10.1. The van der Waals surface area contributed by atoms with E-state index in [4.69, 9.17) is 26.8 Å². The van der Waals surface area contributed by atoms with Gasteiger partial charge in [0.1, 0.15) is 17.0 Å². The van der Waals surface area contributed by atoms with Crippen LogP contribution in [0.25, 0.3) is 11.2 Å². The monoisotopic (exact) mass is 375 g/mol. The third-order valence-electron chi connectivity index (χ3n) is 4.02. The molecule has 0 saturated heterocycles. The molecule has 3 aromatic rings. The minimum atomic E-state index is -0.735. The van der Waals surface area contributed by atoms with Crippen molar-refractivity contribution in [2.45, 2.75) is 6.54 Å². The van der Waals surface area contributed by atoms with Gasteiger partial charge in [0.15, 0.2) is 5.65 Å². The lowest BCUT2D eigenvalue weighted by Crippen LogP contribution is -2.20. The van der Waals surface area contributed by atoms with E-state index in [1.165, 1.54) is 0 Å². The van der Waals surface area contributed by atoms with E-state index in [0.717, 1.165) is 15.8 Å². The van der Waals surface area contributed by atoms with Gasteiger partial charge in [-0.3, -0.25) is 0 Å². The normalized spacial score (nSPS) is 10.8. The number of hydrogen-bond acceptors (Lipinski definition) is 6. The van der Waals surface area contributed by atoms with Crippen LogP contribution in [0.5, 0.6) is 11.5 Å². The molecule has 0 aliphatic rings. The number of primary amides is 1. The minimum absolute atomic E-state index is 0.0251. The Morgan fingerprint density at radius 3 is 2.73 bits per heavy atom. The molecule has 0 aliphatic carbocycles. The van der Waals surface area contributed by atoms with Gasteiger partial charge in [-0.15, -0.1) is 0 Å². The number of aromatic nitrogens is 3. The lowest BCUT2D eigenvalue weighted by Gasteiger charge is -2.21. The van der Waals surface area contributed by atoms with Crippen LogP contribution in [-0.2, 0) is 6.54 Å². The van der Waals surface area contributed by atoms with Crippen molar-refractivity contribution in [2.75, 3.05) is 26.2 Å². The molecule has 0 bridgehead atoms. The highest BCUT2D eigenvalue weighted by Crippen LogP contribution is 2.30. The lowest BCUT2D eigenvalue weighted by molar-refractivity contribution is 0.251. The zero-order valence-corrected chi connectivity index (χ0v) is 15.3. The van der Waals surface area contributed by atoms with Gasteiger partial charge >= 0.3 is 6.03 Å². The fraction of sp³-hybridized carbons (Fsp3) is 0.235. The number of carbonyl (C=O) groups excluding carboxylic acids is 1. The Morgan fingerprint density at radius 2 is 2.08 bits per heavy atom. The van der Waals surface area contributed by atoms with Crippen LogP contribution in [0, 0.1) is 0 Å². The quantitative estimate of drug-likeness (QED) is 0.736. The van der Waals surface area contributed by atoms with Crippen LogP contribution in [0.1, 0.15) is 5.56 Å². The molecule has 0 saturated carbocycles. The molecule has 1 aromatic carbocycles. The Hall–Kier alpha value is -3.00. The first-order chi connectivity index (χ1) is 12.5. The number of hydrogen-bond donors (Lipinski definition) is 1. The molecule has 2 N–H and O–H groups in total. The Bertz CT molecular complexity index is 972. The van der Waals surface area contributed by atoms with Crippen LogP contribution in [0.2, 0.25) is 5.28 Å². The van der Waals surface area contributed by atoms with Gasteiger partial charge in [-0.25, -0.2) is 19.3 Å². The van der Waals surface area contributed by atoms with Crippen molar-refractivity contribution in [3.8, 4) is 11.5 Å². The summed E-state index contributed by atoms with van der Waals surface area (Å²) in [6.45, 7) is 0.535. The number of fused-ring (bicyclic) bond motifs is 1. The van der Waals surface area contributed by atoms with E-state index >= 15 is 0 Å². The second-order valence-corrected chi connectivity index (χ2v) is 5.93. The Kier molecular flexibility index (Phi) is 4.85. The SMILES string of the molecule is COc1ccc(CN(C)c2ccnc3c2nc(Cl)n3C(N)=O)c(OC)c1. The van der Waals surface area contributed by atoms with E-state index < -0.39 is 6.03 Å². The summed E-state index contributed by atoms with van der Waals surface area (Å²) in [5, 5.41) is -0.0251. The first-order valence-corrected chi connectivity index (χ1v) is 8.08. The number of nitrogens with two attached hydrogens (primary N) is 1. The van der Waals surface area contributed by atoms with E-state index in [1.807, 2.05) is 30.1 Å². The zero-order valence-electron chi connectivity index (χ0n) is 14.6. The third-order valence-corrected chi connectivity index (χ3v) is 4.27. The van der Waals surface area contributed by atoms with E-state index in [9.17, 15) is 4.79 Å². The van der Waals surface area contributed by atoms with Crippen LogP contribution >= 0.6 is 11.6 Å². The fourth-order valence-corrected chi connectivity index (χ4v) is 3.01. The van der Waals surface area contributed by atoms with Crippen LogP contribution in [0.15, 0.2) is 30.5 Å². The van der Waals surface area contributed by atoms with Crippen molar-refractivity contribution >= 4 is 34.5 Å². The molecule has 0 fully saturated rings. The molecule has 1 amide bonds. The summed E-state index contributed by atoms with van der Waals surface area (Å²) >= 11 is 6.04. The maximum Gasteiger partial charge on any atom is 0.327 e. The molecule has 136 valence electrons. The number of nitrogens with zero attached hydrogens (tertiary/aromatic N) is 4. The summed E-state index contributed by atoms with van der Waals surface area (Å²) in [6.07, 6.45) is 1.58. The van der Waals surface area contributed by atoms with Gasteiger partial charge in [-0.2, -0.15) is 0 Å². The summed E-state index contributed by atoms with van der Waals surface area (Å²) in [6, 6.07) is 6.69. The molecule has 0 unspecified atom stereocenters. The number of anilines is 1. The molecule has 9 heteroatoms. The summed E-state index contributed by atoms with van der Waals surface area (Å²) in [7, 11) is 5.11. The highest BCUT2D eigenvalue weighted by Gasteiger charge is 2.19. The van der Waals surface area contributed by atoms with Crippen LogP contribution < -0.4 is 20.1 Å². The summed E-state index contributed by atoms with van der Waals surface area (Å²) in [4.78, 5) is 22.0. The third kappa shape index (κ3) is 3.11. The molecule has 2 aromatic heterocycles. The van der Waals surface area contributed by atoms with Crippen LogP contribution in [-0.4, -0.2) is 41.8 Å². The highest BCUT2D eigenvalue weighted by molar-refractivity contribution is 6.30. The molecule has 2 heterocycles. The maximum absolute atomic E-state index is 11.6. The smallest absolute Gasteiger partial charge is 0.327 e. The molecule has 0 radical (unpaired) electrons. The Labute approximate surface area is 155 Å². The van der Waals surface area contributed by atoms with Crippen molar-refractivity contribution in [3.05, 3.63) is 41.3 Å². The van der Waals surface area contributed by atoms with Crippen LogP contribution in [0.3, 0.4) is 0 Å². The number of imidazole rings is 1. The summed E-state index contributed by atoms with van der Waals surface area (Å²) < 4.78 is 11.7. The highest BCUT2D eigenvalue weighted by atomic mass is 35.5. The number of ether oxygens (including phenoxy) is 2. The standard InChI is InChI=1S/C17H18ClN5O3/c1-22(9-10-4-5-11(25-2)8-13(10)26-3)12-6-7-20-15-14(12)21-16(18)23(15)17(19)24/h4-8H,9H2,1-3H3,(H2,19,24). The molecule has 0 atom stereocenters. The van der Waals surface area contributed by atoms with Gasteiger partial charge in [0, 0.05) is 31.4 Å². The topological polar surface area (TPSA) is 95.5 Å². The minimum Gasteiger partial charge on any atom is -0.497 e. The molecule has 26 heavy (non-hydrogen) atoms. The van der Waals surface area contributed by atoms with E-state index in [0.29, 0.717) is 29.2 Å². The average molecular weight is 376 g/mol. The summed E-state index contributed by atoms with van der Waals surface area (Å²) in [5.41, 5.74) is 7.88. The van der Waals surface area contributed by atoms with E-state index in [2.05, 4.69) is 9.97 Å². The van der Waals surface area contributed by atoms with Gasteiger partial charge in [0.2, 0.25) is 5.28 Å². The zero-order chi connectivity index (χ0) is 18.8. The number of pyridine rings is 1. The fourth-order valence-electron chi connectivity index (χ4n) is 2.76. The predicted molar refractivity (Wildman–Crippen MR) is 99.2 cm³/mol. The first kappa shape index (κ1) is 17.8. The number of rotatable bonds is 5. The van der Waals surface area contributed by atoms with Gasteiger partial charge in [-0.05, 0) is 29.8 Å². The second kappa shape index (κ2) is 7.09. The van der Waals surface area contributed by atoms with Crippen molar-refractivity contribution in [2.24, 2.45) is 5.73 Å². The number of carbonyl (C=O) groups is 1. The molecule has 3 rings (SSSR count). The van der Waals surface area contributed by atoms with Crippen molar-refractivity contribution < 1.29 is 14.3 Å². The largest absolute Gasteiger partial charge is 0.497 e. The number of methoxy groups -OCH3 is 2. The summed E-state index contributed by atoms with van der Waals surface area (Å²) in [5.74, 6) is 1.42. The van der Waals surface area contributed by atoms with Crippen LogP contribution in [0.4, 0.5) is 10.5 Å². The molecule has 8 nitrogen and oxygen atoms in total.